The van der Waals surface area contributed by atoms with E-state index in [4.69, 9.17) is 4.74 Å². The van der Waals surface area contributed by atoms with Gasteiger partial charge in [-0.05, 0) is 36.1 Å². The van der Waals surface area contributed by atoms with Gasteiger partial charge < -0.3 is 14.8 Å². The number of carbonyl (C=O) groups excluding carboxylic acids is 2. The van der Waals surface area contributed by atoms with Gasteiger partial charge in [0.2, 0.25) is 0 Å². The molecule has 1 aliphatic carbocycles. The van der Waals surface area contributed by atoms with E-state index in [9.17, 15) is 18.4 Å². The highest BCUT2D eigenvalue weighted by Crippen LogP contribution is 2.43. The highest BCUT2D eigenvalue weighted by molar-refractivity contribution is 5.81. The van der Waals surface area contributed by atoms with Crippen LogP contribution in [0.4, 0.5) is 8.78 Å². The summed E-state index contributed by atoms with van der Waals surface area (Å²) in [6.45, 7) is -2.74. The molecule has 1 fully saturated rings. The number of benzene rings is 2. The average molecular weight is 403 g/mol. The SMILES string of the molecule is O=C(COC(=O)Cc1ccc(OC(F)F)cc1)NCC1(c2ccccc2)CCC1. The van der Waals surface area contributed by atoms with E-state index in [1.165, 1.54) is 29.8 Å². The molecule has 0 bridgehead atoms. The first-order valence-electron chi connectivity index (χ1n) is 9.48. The van der Waals surface area contributed by atoms with E-state index in [0.29, 0.717) is 12.1 Å². The Hall–Kier alpha value is -2.96. The van der Waals surface area contributed by atoms with Crippen LogP contribution in [0.5, 0.6) is 5.75 Å². The van der Waals surface area contributed by atoms with Crippen LogP contribution in [0, 0.1) is 0 Å². The largest absolute Gasteiger partial charge is 0.455 e. The van der Waals surface area contributed by atoms with E-state index in [1.807, 2.05) is 18.2 Å². The fraction of sp³-hybridized carbons (Fsp3) is 0.364. The van der Waals surface area contributed by atoms with Crippen molar-refractivity contribution in [3.8, 4) is 5.75 Å². The van der Waals surface area contributed by atoms with Gasteiger partial charge in [0.1, 0.15) is 5.75 Å². The van der Waals surface area contributed by atoms with Crippen LogP contribution in [0.25, 0.3) is 0 Å². The molecule has 0 radical (unpaired) electrons. The molecule has 154 valence electrons. The molecule has 0 aliphatic heterocycles. The van der Waals surface area contributed by atoms with Crippen LogP contribution >= 0.6 is 0 Å². The summed E-state index contributed by atoms with van der Waals surface area (Å²) >= 11 is 0. The Morgan fingerprint density at radius 3 is 2.31 bits per heavy atom. The lowest BCUT2D eigenvalue weighted by Gasteiger charge is -2.42. The molecule has 3 rings (SSSR count). The highest BCUT2D eigenvalue weighted by atomic mass is 19.3. The summed E-state index contributed by atoms with van der Waals surface area (Å²) in [6.07, 6.45) is 3.10. The van der Waals surface area contributed by atoms with Gasteiger partial charge in [-0.15, -0.1) is 0 Å². The van der Waals surface area contributed by atoms with Crippen LogP contribution in [0.3, 0.4) is 0 Å². The van der Waals surface area contributed by atoms with Gasteiger partial charge in [0.05, 0.1) is 6.42 Å². The third kappa shape index (κ3) is 5.76. The molecular weight excluding hydrogens is 380 g/mol. The number of alkyl halides is 2. The minimum atomic E-state index is -2.90. The number of hydrogen-bond donors (Lipinski definition) is 1. The van der Waals surface area contributed by atoms with Crippen LogP contribution in [-0.4, -0.2) is 31.6 Å². The highest BCUT2D eigenvalue weighted by Gasteiger charge is 2.38. The van der Waals surface area contributed by atoms with Gasteiger partial charge in [-0.3, -0.25) is 9.59 Å². The maximum absolute atomic E-state index is 12.1. The van der Waals surface area contributed by atoms with Gasteiger partial charge in [-0.1, -0.05) is 48.9 Å². The van der Waals surface area contributed by atoms with Gasteiger partial charge in [0.15, 0.2) is 6.61 Å². The maximum atomic E-state index is 12.1. The first-order chi connectivity index (χ1) is 14.0. The molecule has 0 saturated heterocycles. The lowest BCUT2D eigenvalue weighted by Crippen LogP contribution is -2.46. The molecule has 29 heavy (non-hydrogen) atoms. The van der Waals surface area contributed by atoms with Crippen LogP contribution in [0.15, 0.2) is 54.6 Å². The van der Waals surface area contributed by atoms with Crippen LogP contribution in [0.1, 0.15) is 30.4 Å². The van der Waals surface area contributed by atoms with Crippen molar-refractivity contribution < 1.29 is 27.8 Å². The molecule has 0 aromatic heterocycles. The van der Waals surface area contributed by atoms with Crippen molar-refractivity contribution in [2.45, 2.75) is 37.7 Å². The normalized spacial score (nSPS) is 14.7. The van der Waals surface area contributed by atoms with Crippen molar-refractivity contribution in [2.24, 2.45) is 0 Å². The Morgan fingerprint density at radius 1 is 1.03 bits per heavy atom. The third-order valence-electron chi connectivity index (χ3n) is 5.18. The first kappa shape index (κ1) is 20.8. The minimum Gasteiger partial charge on any atom is -0.455 e. The van der Waals surface area contributed by atoms with E-state index < -0.39 is 12.6 Å². The molecule has 2 aromatic carbocycles. The van der Waals surface area contributed by atoms with E-state index >= 15 is 0 Å². The summed E-state index contributed by atoms with van der Waals surface area (Å²) in [7, 11) is 0. The number of halogens is 2. The smallest absolute Gasteiger partial charge is 0.387 e. The summed E-state index contributed by atoms with van der Waals surface area (Å²) in [5.74, 6) is -0.898. The standard InChI is InChI=1S/C22H23F2NO4/c23-21(24)29-18-9-7-16(8-10-18)13-20(27)28-14-19(26)25-15-22(11-4-12-22)17-5-2-1-3-6-17/h1-3,5-10,21H,4,11-15H2,(H,25,26). The number of ether oxygens (including phenoxy) is 2. The Balaban J connectivity index is 1.41. The average Bonchev–Trinajstić information content (AvgIpc) is 2.67. The predicted molar refractivity (Wildman–Crippen MR) is 103 cm³/mol. The lowest BCUT2D eigenvalue weighted by molar-refractivity contribution is -0.148. The van der Waals surface area contributed by atoms with Crippen molar-refractivity contribution in [2.75, 3.05) is 13.2 Å². The molecule has 1 N–H and O–H groups in total. The molecule has 5 nitrogen and oxygen atoms in total. The molecule has 7 heteroatoms. The first-order valence-corrected chi connectivity index (χ1v) is 9.48. The molecule has 0 heterocycles. The second kappa shape index (κ2) is 9.49. The molecule has 0 spiro atoms. The molecular formula is C22H23F2NO4. The predicted octanol–water partition coefficient (Wildman–Crippen LogP) is 3.61. The summed E-state index contributed by atoms with van der Waals surface area (Å²) in [5.41, 5.74) is 1.75. The van der Waals surface area contributed by atoms with Crippen LogP contribution < -0.4 is 10.1 Å². The van der Waals surface area contributed by atoms with Gasteiger partial charge >= 0.3 is 12.6 Å². The van der Waals surface area contributed by atoms with E-state index in [-0.39, 0.29) is 30.1 Å². The monoisotopic (exact) mass is 403 g/mol. The number of rotatable bonds is 9. The molecule has 0 unspecified atom stereocenters. The topological polar surface area (TPSA) is 64.6 Å². The van der Waals surface area contributed by atoms with Crippen LogP contribution in [-0.2, 0) is 26.2 Å². The third-order valence-corrected chi connectivity index (χ3v) is 5.18. The van der Waals surface area contributed by atoms with Gasteiger partial charge in [0, 0.05) is 12.0 Å². The van der Waals surface area contributed by atoms with Crippen molar-refractivity contribution >= 4 is 11.9 Å². The summed E-state index contributed by atoms with van der Waals surface area (Å²) in [5, 5.41) is 2.87. The second-order valence-corrected chi connectivity index (χ2v) is 7.14. The van der Waals surface area contributed by atoms with Gasteiger partial charge in [-0.2, -0.15) is 8.78 Å². The zero-order chi connectivity index (χ0) is 20.7. The number of esters is 1. The Kier molecular flexibility index (Phi) is 6.80. The number of amides is 1. The van der Waals surface area contributed by atoms with Crippen LogP contribution in [0.2, 0.25) is 0 Å². The summed E-state index contributed by atoms with van der Waals surface area (Å²) < 4.78 is 33.5. The quantitative estimate of drug-likeness (QED) is 0.650. The molecule has 2 aromatic rings. The van der Waals surface area contributed by atoms with Crippen molar-refractivity contribution in [1.29, 1.82) is 0 Å². The van der Waals surface area contributed by atoms with Gasteiger partial charge in [0.25, 0.3) is 5.91 Å². The van der Waals surface area contributed by atoms with Crippen molar-refractivity contribution in [1.82, 2.24) is 5.32 Å². The fourth-order valence-corrected chi connectivity index (χ4v) is 3.43. The summed E-state index contributed by atoms with van der Waals surface area (Å²) in [6, 6.07) is 15.8. The molecule has 0 atom stereocenters. The number of hydrogen-bond acceptors (Lipinski definition) is 4. The molecule has 1 aliphatic rings. The van der Waals surface area contributed by atoms with Crippen molar-refractivity contribution in [3.63, 3.8) is 0 Å². The van der Waals surface area contributed by atoms with E-state index in [0.717, 1.165) is 19.3 Å². The van der Waals surface area contributed by atoms with E-state index in [1.54, 1.807) is 0 Å². The minimum absolute atomic E-state index is 0.0137. The maximum Gasteiger partial charge on any atom is 0.387 e. The lowest BCUT2D eigenvalue weighted by atomic mass is 9.64. The molecule has 1 saturated carbocycles. The number of nitrogens with one attached hydrogen (secondary N) is 1. The van der Waals surface area contributed by atoms with Crippen molar-refractivity contribution in [3.05, 3.63) is 65.7 Å². The number of carbonyl (C=O) groups is 2. The van der Waals surface area contributed by atoms with E-state index in [2.05, 4.69) is 22.2 Å². The second-order valence-electron chi connectivity index (χ2n) is 7.14. The molecule has 1 amide bonds. The Labute approximate surface area is 168 Å². The fourth-order valence-electron chi connectivity index (χ4n) is 3.43. The van der Waals surface area contributed by atoms with Gasteiger partial charge in [-0.25, -0.2) is 0 Å². The Bertz CT molecular complexity index is 820. The Morgan fingerprint density at radius 2 is 1.72 bits per heavy atom. The zero-order valence-corrected chi connectivity index (χ0v) is 15.9. The zero-order valence-electron chi connectivity index (χ0n) is 15.9. The summed E-state index contributed by atoms with van der Waals surface area (Å²) in [4.78, 5) is 24.0.